The number of aliphatic hydroxyl groups is 1. The normalized spacial score (nSPS) is 17.7. The first-order valence-electron chi connectivity index (χ1n) is 46.1. The molecule has 7 aromatic heterocycles. The molecule has 0 bridgehead atoms. The third-order valence-corrected chi connectivity index (χ3v) is 26.9. The SMILES string of the molecule is C=C(O)C1CN(c2nc3ccccc3n(C)c2=O)C1.CC(=O)C1(N)CN(c2nc3ccccc3n(C)c2=O)C1.CC(=O)CC1CCN1c1nc2ccccc2n(C)c1=O.CC(=O)CC1CN(c2nc3ccccc3n(C)c2=O)C1.CC(=O)C[C@@H]1CN(c2nc3ccccc3n(C)c2=O)[C@@H]1C(=O)O.CC(=O)[C@@H]1CCN1c1nc2ccccc2n(C)c1=O.CC(=O)[C@H]1CCN1c1nc2ccccc2n(C)c1=O. The lowest BCUT2D eigenvalue weighted by Gasteiger charge is -2.46. The number of carbonyl (C=O) groups is 7. The highest BCUT2D eigenvalue weighted by Gasteiger charge is 2.48. The van der Waals surface area contributed by atoms with Gasteiger partial charge in [-0.05, 0) is 146 Å². The zero-order valence-corrected chi connectivity index (χ0v) is 80.3. The number of aromatic nitrogens is 14. The van der Waals surface area contributed by atoms with Crippen LogP contribution in [0.4, 0.5) is 40.7 Å². The van der Waals surface area contributed by atoms with Gasteiger partial charge in [-0.15, -0.1) is 0 Å². The quantitative estimate of drug-likeness (QED) is 0.0708. The summed E-state index contributed by atoms with van der Waals surface area (Å²) in [7, 11) is 12.1. The fraction of sp³-hybridized carbons (Fsp3) is 0.363. The van der Waals surface area contributed by atoms with E-state index in [1.165, 1.54) is 23.3 Å². The standard InChI is InChI=1S/C16H17N3O4.2C15H17N3O2.C14H16N4O2.3C14H15N3O2/c1-9(20)7-10-8-19(13(10)16(22)23)14-15(21)18(2)12-6-4-3-5-11(12)17-14;1-10(19)7-11-8-18(9-11)14-15(20)17(2)13-6-4-3-5-12(13)16-14;1-10(19)9-11-7-8-18(11)14-15(20)17(2)13-6-4-3-5-12(13)16-14;1-9(19)14(15)7-18(8-14)12-13(20)17(2)11-6-4-3-5-10(11)16-12;1-9(18)10-7-17(8-10)13-14(19)16(2)12-6-4-3-5-11(12)15-13;2*1-9(18)11-7-8-17(11)13-14(19)16(2)12-6-4-3-5-10(12)15-13/h3-6,10,13H,7-8H2,1-2H3,(H,22,23);2*3-6,11H,7-9H2,1-2H3;3-6H,7-8,15H2,1-2H3;3-6,10,18H,1,7-8H2,2H3;2*3-6,11H,7-8H2,1-2H3/t10-,13+;;;;;2*11-/m1....10/s1. The van der Waals surface area contributed by atoms with Crippen LogP contribution in [0.2, 0.25) is 0 Å². The van der Waals surface area contributed by atoms with Crippen molar-refractivity contribution in [1.29, 1.82) is 0 Å². The number of anilines is 7. The Labute approximate surface area is 802 Å². The van der Waals surface area contributed by atoms with E-state index in [1.54, 1.807) is 131 Å². The molecule has 38 heteroatoms. The number of ketones is 6. The van der Waals surface area contributed by atoms with Crippen LogP contribution in [0, 0.1) is 17.8 Å². The molecular weight excluding hydrogens is 1790 g/mol. The molecule has 7 fully saturated rings. The van der Waals surface area contributed by atoms with Crippen LogP contribution in [-0.2, 0) is 82.9 Å². The van der Waals surface area contributed by atoms with Gasteiger partial charge in [0.1, 0.15) is 28.9 Å². The average molecular weight is 1900 g/mol. The lowest BCUT2D eigenvalue weighted by molar-refractivity contribution is -0.142. The van der Waals surface area contributed by atoms with Crippen molar-refractivity contribution in [3.63, 3.8) is 0 Å². The smallest absolute Gasteiger partial charge is 0.326 e. The second-order valence-electron chi connectivity index (χ2n) is 36.7. The van der Waals surface area contributed by atoms with Crippen LogP contribution >= 0.6 is 0 Å². The summed E-state index contributed by atoms with van der Waals surface area (Å²) in [4.78, 5) is 210. The van der Waals surface area contributed by atoms with Crippen molar-refractivity contribution in [1.82, 2.24) is 66.9 Å². The molecule has 726 valence electrons. The van der Waals surface area contributed by atoms with Gasteiger partial charge in [0.15, 0.2) is 58.1 Å². The van der Waals surface area contributed by atoms with Gasteiger partial charge in [0, 0.05) is 152 Å². The Morgan fingerprint density at radius 2 is 0.607 bits per heavy atom. The van der Waals surface area contributed by atoms with E-state index in [0.29, 0.717) is 111 Å². The molecule has 5 atom stereocenters. The predicted molar refractivity (Wildman–Crippen MR) is 539 cm³/mol. The Balaban J connectivity index is 0.000000124. The van der Waals surface area contributed by atoms with E-state index in [2.05, 4.69) is 41.5 Å². The minimum Gasteiger partial charge on any atom is -0.513 e. The molecule has 1 unspecified atom stereocenters. The molecule has 14 heterocycles. The van der Waals surface area contributed by atoms with Crippen LogP contribution in [-0.4, -0.2) is 213 Å². The Morgan fingerprint density at radius 1 is 0.343 bits per heavy atom. The Hall–Kier alpha value is -15.9. The molecule has 7 saturated heterocycles. The molecule has 140 heavy (non-hydrogen) atoms. The maximum atomic E-state index is 12.5. The molecule has 0 saturated carbocycles. The first-order chi connectivity index (χ1) is 66.7. The monoisotopic (exact) mass is 1900 g/mol. The van der Waals surface area contributed by atoms with Crippen molar-refractivity contribution in [2.75, 3.05) is 99.7 Å². The fourth-order valence-corrected chi connectivity index (χ4v) is 18.4. The highest BCUT2D eigenvalue weighted by atomic mass is 16.4. The number of carboxylic acids is 1. The highest BCUT2D eigenvalue weighted by molar-refractivity contribution is 5.92. The molecule has 0 radical (unpaired) electrons. The van der Waals surface area contributed by atoms with Gasteiger partial charge in [0.25, 0.3) is 38.9 Å². The zero-order valence-electron chi connectivity index (χ0n) is 80.3. The summed E-state index contributed by atoms with van der Waals surface area (Å²) >= 11 is 0. The molecule has 38 nitrogen and oxygen atoms in total. The third kappa shape index (κ3) is 19.9. The lowest BCUT2D eigenvalue weighted by atomic mass is 9.84. The van der Waals surface area contributed by atoms with Gasteiger partial charge < -0.3 is 91.8 Å². The van der Waals surface area contributed by atoms with Crippen molar-refractivity contribution >= 4 is 159 Å². The number of aliphatic carboxylic acids is 1. The topological polar surface area (TPSA) is 453 Å². The number of fused-ring (bicyclic) bond motifs is 7. The van der Waals surface area contributed by atoms with E-state index >= 15 is 0 Å². The van der Waals surface area contributed by atoms with Crippen molar-refractivity contribution in [3.8, 4) is 0 Å². The number of carbonyl (C=O) groups excluding carboxylic acids is 6. The maximum absolute atomic E-state index is 12.5. The van der Waals surface area contributed by atoms with Gasteiger partial charge in [-0.3, -0.25) is 52.7 Å². The van der Waals surface area contributed by atoms with Crippen LogP contribution in [0.15, 0.2) is 216 Å². The van der Waals surface area contributed by atoms with E-state index in [9.17, 15) is 77.3 Å². The molecule has 0 spiro atoms. The lowest BCUT2D eigenvalue weighted by Crippen LogP contribution is -2.72. The van der Waals surface area contributed by atoms with E-state index in [-0.39, 0.29) is 122 Å². The number of Topliss-reactive ketones (excluding diaryl/α,β-unsaturated/α-hetero) is 6. The summed E-state index contributed by atoms with van der Waals surface area (Å²) in [6.07, 6.45) is 3.81. The summed E-state index contributed by atoms with van der Waals surface area (Å²) in [5.74, 6) is 2.28. The van der Waals surface area contributed by atoms with Gasteiger partial charge in [-0.1, -0.05) is 91.5 Å². The van der Waals surface area contributed by atoms with Crippen molar-refractivity contribution < 1.29 is 43.8 Å². The largest absolute Gasteiger partial charge is 0.513 e. The van der Waals surface area contributed by atoms with E-state index < -0.39 is 17.6 Å². The number of carboxylic acid groups (broad SMARTS) is 1. The molecule has 0 aliphatic carbocycles. The number of benzene rings is 7. The Kier molecular flexibility index (Phi) is 28.7. The molecule has 7 aliphatic rings. The van der Waals surface area contributed by atoms with Gasteiger partial charge in [0.05, 0.1) is 101 Å². The van der Waals surface area contributed by atoms with Gasteiger partial charge in [-0.2, -0.15) is 0 Å². The fourth-order valence-electron chi connectivity index (χ4n) is 18.4. The second kappa shape index (κ2) is 40.8. The Bertz CT molecular complexity index is 7650. The second-order valence-corrected chi connectivity index (χ2v) is 36.7. The van der Waals surface area contributed by atoms with Crippen LogP contribution in [0.3, 0.4) is 0 Å². The van der Waals surface area contributed by atoms with Crippen LogP contribution in [0.1, 0.15) is 80.1 Å². The zero-order chi connectivity index (χ0) is 100. The van der Waals surface area contributed by atoms with Crippen LogP contribution < -0.4 is 78.9 Å². The minimum absolute atomic E-state index is 0.0398. The van der Waals surface area contributed by atoms with Crippen molar-refractivity contribution in [2.24, 2.45) is 72.8 Å². The van der Waals surface area contributed by atoms with Crippen molar-refractivity contribution in [3.05, 3.63) is 255 Å². The summed E-state index contributed by atoms with van der Waals surface area (Å²) in [5.41, 5.74) is 14.9. The number of aliphatic hydroxyl groups excluding tert-OH is 1. The first kappa shape index (κ1) is 98.6. The van der Waals surface area contributed by atoms with Crippen LogP contribution in [0.25, 0.3) is 77.2 Å². The maximum Gasteiger partial charge on any atom is 0.326 e. The molecular formula is C102H112N22O16. The number of para-hydroxylation sites is 14. The number of aryl methyl sites for hydroxylation is 7. The summed E-state index contributed by atoms with van der Waals surface area (Å²) in [6, 6.07) is 51.3. The summed E-state index contributed by atoms with van der Waals surface area (Å²) in [5, 5.41) is 18.7. The number of nitrogens with two attached hydrogens (primary N) is 1. The first-order valence-corrected chi connectivity index (χ1v) is 46.1. The van der Waals surface area contributed by atoms with Crippen molar-refractivity contribution in [2.45, 2.75) is 110 Å². The number of rotatable bonds is 18. The highest BCUT2D eigenvalue weighted by Crippen LogP contribution is 2.35. The average Bonchev–Trinajstić information content (AvgIpc) is 0.685. The minimum atomic E-state index is -1.04. The molecule has 4 N–H and O–H groups in total. The predicted octanol–water partition coefficient (Wildman–Crippen LogP) is 7.33. The number of hydrogen-bond acceptors (Lipinski definition) is 30. The number of hydrogen-bond donors (Lipinski definition) is 3. The van der Waals surface area contributed by atoms with E-state index in [0.717, 1.165) is 105 Å². The third-order valence-electron chi connectivity index (χ3n) is 26.9. The Morgan fingerprint density at radius 3 is 0.864 bits per heavy atom. The van der Waals surface area contributed by atoms with Gasteiger partial charge in [0.2, 0.25) is 0 Å². The van der Waals surface area contributed by atoms with E-state index in [4.69, 9.17) is 5.73 Å². The van der Waals surface area contributed by atoms with Gasteiger partial charge >= 0.3 is 5.97 Å². The van der Waals surface area contributed by atoms with Gasteiger partial charge in [-0.25, -0.2) is 39.7 Å². The summed E-state index contributed by atoms with van der Waals surface area (Å²) < 4.78 is 11.1. The molecule has 21 rings (SSSR count). The molecule has 7 aromatic carbocycles. The molecule has 0 amide bonds. The molecule has 14 aromatic rings. The number of nitrogens with zero attached hydrogens (tertiary/aromatic N) is 21. The van der Waals surface area contributed by atoms with E-state index in [1.807, 2.05) is 172 Å². The summed E-state index contributed by atoms with van der Waals surface area (Å²) in [6.45, 7) is 18.6. The molecule has 7 aliphatic heterocycles. The van der Waals surface area contributed by atoms with Crippen LogP contribution in [0.5, 0.6) is 0 Å².